The number of aromatic nitrogens is 1. The molecule has 4 N–H and O–H groups in total. The molecule has 1 aromatic rings. The van der Waals surface area contributed by atoms with Crippen LogP contribution in [0, 0.1) is 5.92 Å². The van der Waals surface area contributed by atoms with Gasteiger partial charge in [-0.25, -0.2) is 4.98 Å². The van der Waals surface area contributed by atoms with Crippen molar-refractivity contribution in [2.75, 3.05) is 6.54 Å². The number of hydrogen-bond donors (Lipinski definition) is 3. The zero-order valence-corrected chi connectivity index (χ0v) is 10.4. The molecule has 17 heavy (non-hydrogen) atoms. The second kappa shape index (κ2) is 5.14. The summed E-state index contributed by atoms with van der Waals surface area (Å²) in [6.45, 7) is 6.15. The summed E-state index contributed by atoms with van der Waals surface area (Å²) >= 11 is 0. The van der Waals surface area contributed by atoms with Gasteiger partial charge in [0.1, 0.15) is 5.75 Å². The first-order valence-corrected chi connectivity index (χ1v) is 5.57. The van der Waals surface area contributed by atoms with Gasteiger partial charge in [0.05, 0.1) is 5.54 Å². The lowest BCUT2D eigenvalue weighted by Gasteiger charge is -2.33. The van der Waals surface area contributed by atoms with Crippen LogP contribution in [0.1, 0.15) is 31.3 Å². The molecule has 0 bridgehead atoms. The summed E-state index contributed by atoms with van der Waals surface area (Å²) in [5.74, 6) is -0.361. The minimum atomic E-state index is -0.513. The molecule has 1 atom stereocenters. The van der Waals surface area contributed by atoms with E-state index in [-0.39, 0.29) is 17.4 Å². The number of hydrogen-bond acceptors (Lipinski definition) is 4. The summed E-state index contributed by atoms with van der Waals surface area (Å²) in [4.78, 5) is 15.8. The number of nitrogens with one attached hydrogen (secondary N) is 1. The lowest BCUT2D eigenvalue weighted by molar-refractivity contribution is 0.0875. The maximum Gasteiger partial charge on any atom is 0.274 e. The number of carbonyl (C=O) groups excluding carboxylic acids is 1. The van der Waals surface area contributed by atoms with Gasteiger partial charge in [0.15, 0.2) is 5.69 Å². The van der Waals surface area contributed by atoms with Crippen LogP contribution in [0.3, 0.4) is 0 Å². The third kappa shape index (κ3) is 2.94. The Morgan fingerprint density at radius 2 is 2.29 bits per heavy atom. The smallest absolute Gasteiger partial charge is 0.274 e. The molecule has 1 aromatic heterocycles. The van der Waals surface area contributed by atoms with E-state index in [4.69, 9.17) is 5.73 Å². The van der Waals surface area contributed by atoms with Crippen LogP contribution in [0.15, 0.2) is 18.3 Å². The van der Waals surface area contributed by atoms with E-state index in [2.05, 4.69) is 10.3 Å². The van der Waals surface area contributed by atoms with E-state index < -0.39 is 11.4 Å². The number of nitrogens with zero attached hydrogens (tertiary/aromatic N) is 1. The number of pyridine rings is 1. The number of amides is 1. The Morgan fingerprint density at radius 3 is 2.76 bits per heavy atom. The molecule has 0 saturated heterocycles. The molecular weight excluding hydrogens is 218 g/mol. The predicted molar refractivity (Wildman–Crippen MR) is 65.7 cm³/mol. The highest BCUT2D eigenvalue weighted by atomic mass is 16.3. The molecule has 5 nitrogen and oxygen atoms in total. The molecule has 0 saturated carbocycles. The van der Waals surface area contributed by atoms with Crippen molar-refractivity contribution in [3.8, 4) is 5.75 Å². The van der Waals surface area contributed by atoms with Crippen LogP contribution >= 0.6 is 0 Å². The average molecular weight is 237 g/mol. The molecule has 1 heterocycles. The molecule has 0 aromatic carbocycles. The van der Waals surface area contributed by atoms with Crippen molar-refractivity contribution in [2.45, 2.75) is 26.3 Å². The van der Waals surface area contributed by atoms with Gasteiger partial charge in [0, 0.05) is 12.7 Å². The maximum atomic E-state index is 12.0. The summed E-state index contributed by atoms with van der Waals surface area (Å²) in [5.41, 5.74) is 5.18. The number of nitrogens with two attached hydrogens (primary N) is 1. The van der Waals surface area contributed by atoms with E-state index in [0.29, 0.717) is 6.54 Å². The molecule has 1 amide bonds. The van der Waals surface area contributed by atoms with Gasteiger partial charge in [-0.2, -0.15) is 0 Å². The van der Waals surface area contributed by atoms with Crippen molar-refractivity contribution in [2.24, 2.45) is 11.7 Å². The monoisotopic (exact) mass is 237 g/mol. The molecule has 0 aliphatic heterocycles. The highest BCUT2D eigenvalue weighted by Crippen LogP contribution is 2.18. The van der Waals surface area contributed by atoms with Gasteiger partial charge in [-0.1, -0.05) is 13.8 Å². The van der Waals surface area contributed by atoms with Crippen molar-refractivity contribution >= 4 is 5.91 Å². The quantitative estimate of drug-likeness (QED) is 0.725. The van der Waals surface area contributed by atoms with Crippen LogP contribution in [0.25, 0.3) is 0 Å². The molecule has 0 radical (unpaired) electrons. The Kier molecular flexibility index (Phi) is 4.07. The SMILES string of the molecule is CC(C)C(C)(CN)NC(=O)c1ncccc1O. The Bertz CT molecular complexity index is 406. The van der Waals surface area contributed by atoms with Gasteiger partial charge in [0.25, 0.3) is 5.91 Å². The van der Waals surface area contributed by atoms with Crippen LogP contribution in [0.5, 0.6) is 5.75 Å². The van der Waals surface area contributed by atoms with E-state index >= 15 is 0 Å². The first-order chi connectivity index (χ1) is 7.90. The van der Waals surface area contributed by atoms with Crippen LogP contribution in [0.4, 0.5) is 0 Å². The summed E-state index contributed by atoms with van der Waals surface area (Å²) in [6, 6.07) is 2.99. The first-order valence-electron chi connectivity index (χ1n) is 5.57. The topological polar surface area (TPSA) is 88.2 Å². The van der Waals surface area contributed by atoms with Gasteiger partial charge in [-0.05, 0) is 25.0 Å². The van der Waals surface area contributed by atoms with Crippen LogP contribution < -0.4 is 11.1 Å². The van der Waals surface area contributed by atoms with Crippen molar-refractivity contribution < 1.29 is 9.90 Å². The fraction of sp³-hybridized carbons (Fsp3) is 0.500. The lowest BCUT2D eigenvalue weighted by atomic mass is 9.88. The third-order valence-electron chi connectivity index (χ3n) is 3.10. The molecule has 0 fully saturated rings. The highest BCUT2D eigenvalue weighted by molar-refractivity contribution is 5.95. The summed E-state index contributed by atoms with van der Waals surface area (Å²) < 4.78 is 0. The van der Waals surface area contributed by atoms with Crippen molar-refractivity contribution in [3.05, 3.63) is 24.0 Å². The fourth-order valence-electron chi connectivity index (χ4n) is 1.32. The van der Waals surface area contributed by atoms with E-state index in [1.165, 1.54) is 12.3 Å². The molecule has 1 unspecified atom stereocenters. The minimum Gasteiger partial charge on any atom is -0.505 e. The van der Waals surface area contributed by atoms with Crippen molar-refractivity contribution in [3.63, 3.8) is 0 Å². The number of carbonyl (C=O) groups is 1. The normalized spacial score (nSPS) is 14.4. The minimum absolute atomic E-state index is 0.0211. The van der Waals surface area contributed by atoms with Gasteiger partial charge >= 0.3 is 0 Å². The largest absolute Gasteiger partial charge is 0.505 e. The Labute approximate surface area is 101 Å². The molecule has 0 aliphatic rings. The van der Waals surface area contributed by atoms with Crippen molar-refractivity contribution in [1.29, 1.82) is 0 Å². The first kappa shape index (κ1) is 13.4. The predicted octanol–water partition coefficient (Wildman–Crippen LogP) is 0.890. The summed E-state index contributed by atoms with van der Waals surface area (Å²) in [5, 5.41) is 12.3. The maximum absolute atomic E-state index is 12.0. The highest BCUT2D eigenvalue weighted by Gasteiger charge is 2.30. The van der Waals surface area contributed by atoms with Gasteiger partial charge in [0.2, 0.25) is 0 Å². The summed E-state index contributed by atoms with van der Waals surface area (Å²) in [7, 11) is 0. The molecule has 0 spiro atoms. The Hall–Kier alpha value is -1.62. The van der Waals surface area contributed by atoms with Crippen molar-refractivity contribution in [1.82, 2.24) is 10.3 Å². The molecule has 1 rings (SSSR count). The van der Waals surface area contributed by atoms with Gasteiger partial charge in [-0.15, -0.1) is 0 Å². The number of rotatable bonds is 4. The second-order valence-corrected chi connectivity index (χ2v) is 4.60. The second-order valence-electron chi connectivity index (χ2n) is 4.60. The standard InChI is InChI=1S/C12H19N3O2/c1-8(2)12(3,7-13)15-11(17)10-9(16)5-4-6-14-10/h4-6,8,16H,7,13H2,1-3H3,(H,15,17). The molecular formula is C12H19N3O2. The zero-order valence-electron chi connectivity index (χ0n) is 10.4. The lowest BCUT2D eigenvalue weighted by Crippen LogP contribution is -2.55. The van der Waals surface area contributed by atoms with E-state index in [1.54, 1.807) is 6.07 Å². The van der Waals surface area contributed by atoms with E-state index in [9.17, 15) is 9.90 Å². The van der Waals surface area contributed by atoms with E-state index in [0.717, 1.165) is 0 Å². The molecule has 5 heteroatoms. The molecule has 94 valence electrons. The Morgan fingerprint density at radius 1 is 1.65 bits per heavy atom. The average Bonchev–Trinajstić information content (AvgIpc) is 2.29. The molecule has 0 aliphatic carbocycles. The van der Waals surface area contributed by atoms with Crippen LogP contribution in [-0.4, -0.2) is 28.1 Å². The van der Waals surface area contributed by atoms with Crippen LogP contribution in [0.2, 0.25) is 0 Å². The fourth-order valence-corrected chi connectivity index (χ4v) is 1.32. The summed E-state index contributed by atoms with van der Waals surface area (Å²) in [6.07, 6.45) is 1.46. The van der Waals surface area contributed by atoms with E-state index in [1.807, 2.05) is 20.8 Å². The number of aromatic hydroxyl groups is 1. The van der Waals surface area contributed by atoms with Crippen LogP contribution in [-0.2, 0) is 0 Å². The third-order valence-corrected chi connectivity index (χ3v) is 3.10. The van der Waals surface area contributed by atoms with Gasteiger partial charge in [-0.3, -0.25) is 4.79 Å². The van der Waals surface area contributed by atoms with Gasteiger partial charge < -0.3 is 16.2 Å². The zero-order chi connectivity index (χ0) is 13.1. The Balaban J connectivity index is 2.90.